The summed E-state index contributed by atoms with van der Waals surface area (Å²) in [6, 6.07) is 7.65. The van der Waals surface area contributed by atoms with Crippen LogP contribution in [0, 0.1) is 0 Å². The summed E-state index contributed by atoms with van der Waals surface area (Å²) in [5, 5.41) is 0. The Labute approximate surface area is 155 Å². The second-order valence-corrected chi connectivity index (χ2v) is 7.13. The number of hydrogen-bond acceptors (Lipinski definition) is 4. The molecule has 2 heterocycles. The van der Waals surface area contributed by atoms with Gasteiger partial charge in [-0.3, -0.25) is 14.5 Å². The van der Waals surface area contributed by atoms with Crippen molar-refractivity contribution in [2.45, 2.75) is 25.7 Å². The topological polar surface area (TPSA) is 53.1 Å². The van der Waals surface area contributed by atoms with E-state index in [0.717, 1.165) is 50.3 Å². The van der Waals surface area contributed by atoms with Crippen LogP contribution < -0.4 is 4.74 Å². The number of carbonyl (C=O) groups excluding carboxylic acids is 2. The number of carbonyl (C=O) groups is 2. The Hall–Kier alpha value is -2.08. The van der Waals surface area contributed by atoms with Gasteiger partial charge in [-0.25, -0.2) is 0 Å². The minimum absolute atomic E-state index is 0.139. The first-order chi connectivity index (χ1) is 12.7. The van der Waals surface area contributed by atoms with Gasteiger partial charge >= 0.3 is 0 Å². The monoisotopic (exact) mass is 359 g/mol. The van der Waals surface area contributed by atoms with E-state index in [1.807, 2.05) is 34.1 Å². The van der Waals surface area contributed by atoms with Crippen LogP contribution in [0.15, 0.2) is 24.3 Å². The number of benzene rings is 1. The third-order valence-electron chi connectivity index (χ3n) is 5.28. The molecule has 2 amide bonds. The van der Waals surface area contributed by atoms with E-state index in [9.17, 15) is 9.59 Å². The van der Waals surface area contributed by atoms with Crippen molar-refractivity contribution in [2.24, 2.45) is 0 Å². The van der Waals surface area contributed by atoms with E-state index >= 15 is 0 Å². The molecule has 6 nitrogen and oxygen atoms in total. The number of rotatable bonds is 5. The highest BCUT2D eigenvalue weighted by atomic mass is 16.5. The van der Waals surface area contributed by atoms with Crippen molar-refractivity contribution in [3.8, 4) is 5.75 Å². The maximum absolute atomic E-state index is 12.5. The van der Waals surface area contributed by atoms with Crippen molar-refractivity contribution in [1.29, 1.82) is 0 Å². The molecule has 1 aromatic carbocycles. The van der Waals surface area contributed by atoms with Crippen LogP contribution in [0.4, 0.5) is 0 Å². The van der Waals surface area contributed by atoms with Gasteiger partial charge in [-0.1, -0.05) is 12.1 Å². The molecule has 0 radical (unpaired) electrons. The molecule has 0 bridgehead atoms. The highest BCUT2D eigenvalue weighted by molar-refractivity contribution is 5.79. The summed E-state index contributed by atoms with van der Waals surface area (Å²) >= 11 is 0. The zero-order valence-electron chi connectivity index (χ0n) is 15.7. The fourth-order valence-corrected chi connectivity index (χ4v) is 3.66. The molecule has 0 saturated carbocycles. The van der Waals surface area contributed by atoms with Crippen LogP contribution in [-0.2, 0) is 16.0 Å². The van der Waals surface area contributed by atoms with E-state index in [-0.39, 0.29) is 11.8 Å². The van der Waals surface area contributed by atoms with Gasteiger partial charge in [-0.15, -0.1) is 0 Å². The first kappa shape index (κ1) is 18.7. The van der Waals surface area contributed by atoms with Gasteiger partial charge in [-0.05, 0) is 37.0 Å². The van der Waals surface area contributed by atoms with Crippen molar-refractivity contribution >= 4 is 11.8 Å². The maximum atomic E-state index is 12.5. The summed E-state index contributed by atoms with van der Waals surface area (Å²) in [6.45, 7) is 5.20. The number of likely N-dealkylation sites (tertiary alicyclic amines) is 1. The van der Waals surface area contributed by atoms with E-state index in [2.05, 4.69) is 4.90 Å². The summed E-state index contributed by atoms with van der Waals surface area (Å²) in [4.78, 5) is 31.0. The standard InChI is InChI=1S/C20H29N3O3/c1-26-18-7-5-6-17(14-18)15-19(24)23-12-10-21(11-13-23)16-20(25)22-8-3-2-4-9-22/h5-7,14H,2-4,8-13,15-16H2,1H3. The highest BCUT2D eigenvalue weighted by Crippen LogP contribution is 2.15. The third kappa shape index (κ3) is 4.97. The van der Waals surface area contributed by atoms with E-state index in [1.54, 1.807) is 7.11 Å². The molecule has 142 valence electrons. The molecule has 2 aliphatic heterocycles. The van der Waals surface area contributed by atoms with Crippen LogP contribution in [0.5, 0.6) is 5.75 Å². The average molecular weight is 359 g/mol. The van der Waals surface area contributed by atoms with Crippen LogP contribution in [0.2, 0.25) is 0 Å². The Balaban J connectivity index is 1.44. The van der Waals surface area contributed by atoms with E-state index < -0.39 is 0 Å². The van der Waals surface area contributed by atoms with Gasteiger partial charge in [-0.2, -0.15) is 0 Å². The molecular weight excluding hydrogens is 330 g/mol. The van der Waals surface area contributed by atoms with Crippen molar-refractivity contribution < 1.29 is 14.3 Å². The molecule has 0 spiro atoms. The van der Waals surface area contributed by atoms with Crippen molar-refractivity contribution in [3.63, 3.8) is 0 Å². The molecule has 2 aliphatic rings. The Bertz CT molecular complexity index is 620. The van der Waals surface area contributed by atoms with Crippen molar-refractivity contribution in [3.05, 3.63) is 29.8 Å². The number of amides is 2. The Kier molecular flexibility index (Phi) is 6.50. The van der Waals surface area contributed by atoms with Gasteiger partial charge < -0.3 is 14.5 Å². The van der Waals surface area contributed by atoms with Gasteiger partial charge in [0.25, 0.3) is 0 Å². The minimum atomic E-state index is 0.139. The number of hydrogen-bond donors (Lipinski definition) is 0. The lowest BCUT2D eigenvalue weighted by Crippen LogP contribution is -2.52. The van der Waals surface area contributed by atoms with Gasteiger partial charge in [0.05, 0.1) is 20.1 Å². The molecule has 0 aromatic heterocycles. The SMILES string of the molecule is COc1cccc(CC(=O)N2CCN(CC(=O)N3CCCCC3)CC2)c1. The summed E-state index contributed by atoms with van der Waals surface area (Å²) in [6.07, 6.45) is 3.87. The normalized spacial score (nSPS) is 18.7. The molecule has 6 heteroatoms. The summed E-state index contributed by atoms with van der Waals surface area (Å²) in [5.74, 6) is 1.15. The average Bonchev–Trinajstić information content (AvgIpc) is 2.69. The molecule has 2 fully saturated rings. The van der Waals surface area contributed by atoms with Gasteiger partial charge in [0.2, 0.25) is 11.8 Å². The molecule has 2 saturated heterocycles. The predicted octanol–water partition coefficient (Wildman–Crippen LogP) is 1.39. The smallest absolute Gasteiger partial charge is 0.236 e. The van der Waals surface area contributed by atoms with Crippen molar-refractivity contribution in [2.75, 3.05) is 52.9 Å². The van der Waals surface area contributed by atoms with Crippen LogP contribution >= 0.6 is 0 Å². The molecule has 26 heavy (non-hydrogen) atoms. The predicted molar refractivity (Wildman–Crippen MR) is 100 cm³/mol. The molecule has 0 unspecified atom stereocenters. The van der Waals surface area contributed by atoms with E-state index in [1.165, 1.54) is 6.42 Å². The quantitative estimate of drug-likeness (QED) is 0.797. The fraction of sp³-hybridized carbons (Fsp3) is 0.600. The number of piperidine rings is 1. The maximum Gasteiger partial charge on any atom is 0.236 e. The zero-order chi connectivity index (χ0) is 18.4. The number of methoxy groups -OCH3 is 1. The van der Waals surface area contributed by atoms with Crippen LogP contribution in [0.3, 0.4) is 0 Å². The second kappa shape index (κ2) is 9.03. The number of ether oxygens (including phenoxy) is 1. The van der Waals surface area contributed by atoms with E-state index in [4.69, 9.17) is 4.74 Å². The lowest BCUT2D eigenvalue weighted by Gasteiger charge is -2.36. The van der Waals surface area contributed by atoms with Crippen LogP contribution in [-0.4, -0.2) is 79.4 Å². The molecule has 0 atom stereocenters. The van der Waals surface area contributed by atoms with E-state index in [0.29, 0.717) is 26.1 Å². The Morgan fingerprint density at radius 2 is 1.62 bits per heavy atom. The summed E-state index contributed by atoms with van der Waals surface area (Å²) in [7, 11) is 1.63. The van der Waals surface area contributed by atoms with Gasteiger partial charge in [0, 0.05) is 39.3 Å². The summed E-state index contributed by atoms with van der Waals surface area (Å²) in [5.41, 5.74) is 0.969. The Morgan fingerprint density at radius 1 is 0.923 bits per heavy atom. The largest absolute Gasteiger partial charge is 0.497 e. The number of nitrogens with zero attached hydrogens (tertiary/aromatic N) is 3. The fourth-order valence-electron chi connectivity index (χ4n) is 3.66. The highest BCUT2D eigenvalue weighted by Gasteiger charge is 2.24. The van der Waals surface area contributed by atoms with Crippen molar-refractivity contribution in [1.82, 2.24) is 14.7 Å². The molecule has 0 aliphatic carbocycles. The molecule has 1 aromatic rings. The molecule has 3 rings (SSSR count). The lowest BCUT2D eigenvalue weighted by molar-refractivity contribution is -0.135. The second-order valence-electron chi connectivity index (χ2n) is 7.13. The lowest BCUT2D eigenvalue weighted by atomic mass is 10.1. The first-order valence-electron chi connectivity index (χ1n) is 9.56. The zero-order valence-corrected chi connectivity index (χ0v) is 15.7. The van der Waals surface area contributed by atoms with Gasteiger partial charge in [0.15, 0.2) is 0 Å². The van der Waals surface area contributed by atoms with Crippen LogP contribution in [0.25, 0.3) is 0 Å². The van der Waals surface area contributed by atoms with Gasteiger partial charge in [0.1, 0.15) is 5.75 Å². The van der Waals surface area contributed by atoms with Crippen LogP contribution in [0.1, 0.15) is 24.8 Å². The third-order valence-corrected chi connectivity index (χ3v) is 5.28. The summed E-state index contributed by atoms with van der Waals surface area (Å²) < 4.78 is 5.22. The first-order valence-corrected chi connectivity index (χ1v) is 9.56. The molecule has 0 N–H and O–H groups in total. The molecular formula is C20H29N3O3. The number of piperazine rings is 1. The Morgan fingerprint density at radius 3 is 2.31 bits per heavy atom. The minimum Gasteiger partial charge on any atom is -0.497 e.